The minimum Gasteiger partial charge on any atom is -0.458 e. The van der Waals surface area contributed by atoms with Crippen molar-refractivity contribution in [2.24, 2.45) is 45.3 Å². The fourth-order valence-electron chi connectivity index (χ4n) is 7.70. The molecule has 0 aliphatic heterocycles. The molecule has 4 saturated carbocycles. The first-order valence-corrected chi connectivity index (χ1v) is 10.5. The Bertz CT molecular complexity index is 609. The maximum Gasteiger partial charge on any atom is 0.312 e. The Morgan fingerprint density at radius 3 is 2.12 bits per heavy atom. The van der Waals surface area contributed by atoms with Crippen LogP contribution in [0.2, 0.25) is 0 Å². The third-order valence-corrected chi connectivity index (χ3v) is 9.09. The molecule has 4 rings (SSSR count). The summed E-state index contributed by atoms with van der Waals surface area (Å²) in [6.45, 7) is 17.7. The molecule has 2 heteroatoms. The van der Waals surface area contributed by atoms with Crippen molar-refractivity contribution < 1.29 is 9.53 Å². The summed E-state index contributed by atoms with van der Waals surface area (Å²) in [6, 6.07) is 0. The van der Waals surface area contributed by atoms with E-state index in [2.05, 4.69) is 55.4 Å². The Hall–Kier alpha value is -0.530. The van der Waals surface area contributed by atoms with Gasteiger partial charge in [0.05, 0.1) is 5.41 Å². The predicted octanol–water partition coefficient (Wildman–Crippen LogP) is 5.84. The number of esters is 1. The largest absolute Gasteiger partial charge is 0.458 e. The average molecular weight is 347 g/mol. The third kappa shape index (κ3) is 2.06. The van der Waals surface area contributed by atoms with E-state index >= 15 is 0 Å². The van der Waals surface area contributed by atoms with Crippen LogP contribution in [0.3, 0.4) is 0 Å². The molecule has 0 amide bonds. The minimum atomic E-state index is -0.447. The first kappa shape index (κ1) is 17.9. The van der Waals surface area contributed by atoms with Crippen LogP contribution in [-0.4, -0.2) is 11.6 Å². The number of ether oxygens (including phenoxy) is 1. The molecule has 4 aliphatic rings. The molecule has 0 aromatic carbocycles. The smallest absolute Gasteiger partial charge is 0.312 e. The molecule has 4 aliphatic carbocycles. The van der Waals surface area contributed by atoms with E-state index in [0.29, 0.717) is 17.3 Å². The summed E-state index contributed by atoms with van der Waals surface area (Å²) in [7, 11) is 0. The number of carbonyl (C=O) groups excluding carboxylic acids is 1. The number of hydrogen-bond acceptors (Lipinski definition) is 2. The van der Waals surface area contributed by atoms with Crippen LogP contribution >= 0.6 is 0 Å². The Morgan fingerprint density at radius 1 is 1.00 bits per heavy atom. The lowest BCUT2D eigenvalue weighted by atomic mass is 9.32. The molecule has 4 fully saturated rings. The Balaban J connectivity index is 1.57. The standard InChI is InChI=1S/C23H38O2/c1-19(2,3)13-21(7,20(4,5)6)18(24)25-22(8)16-10-14-9-15-11-17(22)23(15,16)12-14/h14-17H,9-13H2,1-8H3. The van der Waals surface area contributed by atoms with E-state index in [0.717, 1.165) is 18.3 Å². The molecule has 25 heavy (non-hydrogen) atoms. The van der Waals surface area contributed by atoms with Crippen LogP contribution < -0.4 is 0 Å². The molecule has 2 nitrogen and oxygen atoms in total. The molecule has 0 aromatic heterocycles. The summed E-state index contributed by atoms with van der Waals surface area (Å²) in [6.07, 6.45) is 6.37. The molecule has 2 bridgehead atoms. The lowest BCUT2D eigenvalue weighted by molar-refractivity contribution is -0.323. The van der Waals surface area contributed by atoms with Gasteiger partial charge in [0.25, 0.3) is 0 Å². The van der Waals surface area contributed by atoms with Crippen molar-refractivity contribution in [3.05, 3.63) is 0 Å². The number of rotatable bonds is 3. The highest BCUT2D eigenvalue weighted by Crippen LogP contribution is 2.85. The van der Waals surface area contributed by atoms with E-state index in [1.165, 1.54) is 25.7 Å². The maximum atomic E-state index is 13.5. The second kappa shape index (κ2) is 4.65. The van der Waals surface area contributed by atoms with Gasteiger partial charge in [-0.05, 0) is 74.0 Å². The molecule has 0 N–H and O–H groups in total. The summed E-state index contributed by atoms with van der Waals surface area (Å²) >= 11 is 0. The summed E-state index contributed by atoms with van der Waals surface area (Å²) in [4.78, 5) is 13.5. The highest BCUT2D eigenvalue weighted by atomic mass is 16.6. The van der Waals surface area contributed by atoms with Gasteiger partial charge in [-0.2, -0.15) is 0 Å². The van der Waals surface area contributed by atoms with E-state index in [1.807, 2.05) is 0 Å². The normalized spacial score (nSPS) is 46.7. The Morgan fingerprint density at radius 2 is 1.60 bits per heavy atom. The van der Waals surface area contributed by atoms with Crippen molar-refractivity contribution in [3.8, 4) is 0 Å². The number of carbonyl (C=O) groups is 1. The molecule has 142 valence electrons. The molecule has 0 saturated heterocycles. The topological polar surface area (TPSA) is 26.3 Å². The highest BCUT2D eigenvalue weighted by molar-refractivity contribution is 5.78. The highest BCUT2D eigenvalue weighted by Gasteiger charge is 2.83. The van der Waals surface area contributed by atoms with Crippen molar-refractivity contribution in [2.75, 3.05) is 0 Å². The van der Waals surface area contributed by atoms with Gasteiger partial charge < -0.3 is 4.74 Å². The van der Waals surface area contributed by atoms with E-state index < -0.39 is 5.41 Å². The number of hydrogen-bond donors (Lipinski definition) is 0. The second-order valence-electron chi connectivity index (χ2n) is 12.6. The van der Waals surface area contributed by atoms with Crippen LogP contribution in [0.4, 0.5) is 0 Å². The van der Waals surface area contributed by atoms with Crippen LogP contribution in [-0.2, 0) is 9.53 Å². The Labute approximate surface area is 154 Å². The molecule has 7 unspecified atom stereocenters. The van der Waals surface area contributed by atoms with Crippen molar-refractivity contribution in [2.45, 2.75) is 93.1 Å². The second-order valence-corrected chi connectivity index (χ2v) is 12.6. The molecule has 7 atom stereocenters. The van der Waals surface area contributed by atoms with E-state index in [9.17, 15) is 4.79 Å². The van der Waals surface area contributed by atoms with Crippen molar-refractivity contribution in [1.82, 2.24) is 0 Å². The fraction of sp³-hybridized carbons (Fsp3) is 0.957. The zero-order valence-electron chi connectivity index (χ0n) is 17.7. The van der Waals surface area contributed by atoms with Crippen LogP contribution in [0.15, 0.2) is 0 Å². The SMILES string of the molecule is CC(C)(C)CC(C)(C(=O)OC1(C)C2CC3CC4CC1C42C3)C(C)(C)C. The van der Waals surface area contributed by atoms with E-state index in [4.69, 9.17) is 4.74 Å². The van der Waals surface area contributed by atoms with Gasteiger partial charge in [-0.1, -0.05) is 41.5 Å². The lowest BCUT2D eigenvalue weighted by Gasteiger charge is -2.74. The van der Waals surface area contributed by atoms with Gasteiger partial charge in [0, 0.05) is 11.8 Å². The van der Waals surface area contributed by atoms with Gasteiger partial charge in [0.1, 0.15) is 5.60 Å². The summed E-state index contributed by atoms with van der Waals surface area (Å²) in [5, 5.41) is 0. The van der Waals surface area contributed by atoms with Crippen LogP contribution in [0.1, 0.15) is 87.5 Å². The minimum absolute atomic E-state index is 0.0542. The molecular weight excluding hydrogens is 308 g/mol. The van der Waals surface area contributed by atoms with E-state index in [-0.39, 0.29) is 22.4 Å². The third-order valence-electron chi connectivity index (χ3n) is 9.09. The van der Waals surface area contributed by atoms with Gasteiger partial charge in [-0.15, -0.1) is 0 Å². The predicted molar refractivity (Wildman–Crippen MR) is 101 cm³/mol. The van der Waals surface area contributed by atoms with Crippen LogP contribution in [0, 0.1) is 45.3 Å². The monoisotopic (exact) mass is 346 g/mol. The van der Waals surface area contributed by atoms with Gasteiger partial charge in [-0.3, -0.25) is 4.79 Å². The maximum absolute atomic E-state index is 13.5. The van der Waals surface area contributed by atoms with Gasteiger partial charge >= 0.3 is 5.97 Å². The molecule has 0 aromatic rings. The van der Waals surface area contributed by atoms with Gasteiger partial charge in [0.15, 0.2) is 0 Å². The first-order valence-electron chi connectivity index (χ1n) is 10.5. The summed E-state index contributed by atoms with van der Waals surface area (Å²) in [5.74, 6) is 3.22. The number of fused-ring (bicyclic) bond motifs is 1. The van der Waals surface area contributed by atoms with Crippen LogP contribution in [0.5, 0.6) is 0 Å². The molecule has 0 radical (unpaired) electrons. The Kier molecular flexibility index (Phi) is 3.32. The lowest BCUT2D eigenvalue weighted by Crippen LogP contribution is -2.76. The van der Waals surface area contributed by atoms with Crippen molar-refractivity contribution >= 4 is 5.97 Å². The quantitative estimate of drug-likeness (QED) is 0.600. The molecule has 1 spiro atoms. The van der Waals surface area contributed by atoms with E-state index in [1.54, 1.807) is 0 Å². The van der Waals surface area contributed by atoms with Crippen LogP contribution in [0.25, 0.3) is 0 Å². The van der Waals surface area contributed by atoms with Crippen molar-refractivity contribution in [3.63, 3.8) is 0 Å². The molecule has 0 heterocycles. The fourth-order valence-corrected chi connectivity index (χ4v) is 7.70. The van der Waals surface area contributed by atoms with Gasteiger partial charge in [-0.25, -0.2) is 0 Å². The van der Waals surface area contributed by atoms with Gasteiger partial charge in [0.2, 0.25) is 0 Å². The summed E-state index contributed by atoms with van der Waals surface area (Å²) < 4.78 is 6.48. The molecular formula is C23H38O2. The first-order chi connectivity index (χ1) is 11.2. The van der Waals surface area contributed by atoms with Crippen molar-refractivity contribution in [1.29, 1.82) is 0 Å². The summed E-state index contributed by atoms with van der Waals surface area (Å²) in [5.41, 5.74) is -0.0461. The average Bonchev–Trinajstić information content (AvgIpc) is 2.92. The zero-order chi connectivity index (χ0) is 18.6. The zero-order valence-corrected chi connectivity index (χ0v) is 17.7.